The molecular formula is C24H33N3O4S. The molecule has 0 radical (unpaired) electrons. The highest BCUT2D eigenvalue weighted by molar-refractivity contribution is 7.17. The van der Waals surface area contributed by atoms with Crippen LogP contribution < -0.4 is 5.56 Å². The molecule has 0 aliphatic carbocycles. The van der Waals surface area contributed by atoms with E-state index in [1.165, 1.54) is 16.9 Å². The van der Waals surface area contributed by atoms with Crippen LogP contribution in [0.2, 0.25) is 0 Å². The number of ether oxygens (including phenoxy) is 2. The smallest absolute Gasteiger partial charge is 0.260 e. The lowest BCUT2D eigenvalue weighted by Crippen LogP contribution is -2.37. The number of fused-ring (bicyclic) bond motifs is 1. The number of aromatic nitrogens is 2. The Labute approximate surface area is 193 Å². The van der Waals surface area contributed by atoms with Crippen molar-refractivity contribution in [2.24, 2.45) is 0 Å². The number of thiophene rings is 1. The minimum Gasteiger partial charge on any atom is -0.389 e. The van der Waals surface area contributed by atoms with E-state index in [1.54, 1.807) is 7.11 Å². The Morgan fingerprint density at radius 1 is 1.25 bits per heavy atom. The van der Waals surface area contributed by atoms with Gasteiger partial charge in [0.25, 0.3) is 5.56 Å². The third-order valence-electron chi connectivity index (χ3n) is 5.24. The van der Waals surface area contributed by atoms with Gasteiger partial charge in [-0.2, -0.15) is 0 Å². The van der Waals surface area contributed by atoms with Crippen LogP contribution in [0.25, 0.3) is 21.3 Å². The lowest BCUT2D eigenvalue weighted by atomic mass is 9.99. The number of aromatic amines is 1. The van der Waals surface area contributed by atoms with Crippen molar-refractivity contribution >= 4 is 21.6 Å². The highest BCUT2D eigenvalue weighted by Crippen LogP contribution is 2.33. The van der Waals surface area contributed by atoms with Gasteiger partial charge in [0.2, 0.25) is 0 Å². The molecule has 0 saturated heterocycles. The van der Waals surface area contributed by atoms with Gasteiger partial charge in [0.15, 0.2) is 0 Å². The molecule has 7 nitrogen and oxygen atoms in total. The van der Waals surface area contributed by atoms with Crippen LogP contribution in [0.1, 0.15) is 30.8 Å². The third kappa shape index (κ3) is 6.24. The van der Waals surface area contributed by atoms with Gasteiger partial charge in [0, 0.05) is 31.1 Å². The van der Waals surface area contributed by atoms with Crippen molar-refractivity contribution < 1.29 is 14.6 Å². The molecule has 2 heterocycles. The van der Waals surface area contributed by atoms with E-state index in [2.05, 4.69) is 37.0 Å². The van der Waals surface area contributed by atoms with Gasteiger partial charge in [0.1, 0.15) is 10.7 Å². The van der Waals surface area contributed by atoms with Crippen molar-refractivity contribution in [2.45, 2.75) is 46.4 Å². The summed E-state index contributed by atoms with van der Waals surface area (Å²) in [6.45, 7) is 10.2. The van der Waals surface area contributed by atoms with Crippen LogP contribution >= 0.6 is 11.3 Å². The quantitative estimate of drug-likeness (QED) is 0.456. The van der Waals surface area contributed by atoms with E-state index in [0.29, 0.717) is 42.3 Å². The van der Waals surface area contributed by atoms with Crippen molar-refractivity contribution in [3.63, 3.8) is 0 Å². The van der Waals surface area contributed by atoms with Crippen molar-refractivity contribution in [1.82, 2.24) is 14.9 Å². The van der Waals surface area contributed by atoms with E-state index < -0.39 is 6.10 Å². The van der Waals surface area contributed by atoms with E-state index in [-0.39, 0.29) is 18.3 Å². The van der Waals surface area contributed by atoms with E-state index >= 15 is 0 Å². The maximum absolute atomic E-state index is 13.0. The van der Waals surface area contributed by atoms with Crippen LogP contribution in [-0.2, 0) is 16.0 Å². The summed E-state index contributed by atoms with van der Waals surface area (Å²) in [5, 5.41) is 13.0. The number of nitrogens with one attached hydrogen (secondary N) is 1. The van der Waals surface area contributed by atoms with E-state index in [4.69, 9.17) is 14.5 Å². The Balaban J connectivity index is 1.84. The summed E-state index contributed by atoms with van der Waals surface area (Å²) < 4.78 is 10.7. The predicted molar refractivity (Wildman–Crippen MR) is 129 cm³/mol. The predicted octanol–water partition coefficient (Wildman–Crippen LogP) is 3.50. The average Bonchev–Trinajstić information content (AvgIpc) is 3.14. The second-order valence-corrected chi connectivity index (χ2v) is 9.28. The number of aryl methyl sites for hydroxylation is 2. The Morgan fingerprint density at radius 2 is 2.03 bits per heavy atom. The monoisotopic (exact) mass is 459 g/mol. The van der Waals surface area contributed by atoms with E-state index in [1.807, 2.05) is 24.1 Å². The highest BCUT2D eigenvalue weighted by Gasteiger charge is 2.18. The van der Waals surface area contributed by atoms with Crippen LogP contribution in [-0.4, -0.2) is 65.6 Å². The van der Waals surface area contributed by atoms with Crippen molar-refractivity contribution in [3.8, 4) is 11.1 Å². The van der Waals surface area contributed by atoms with Gasteiger partial charge in [-0.1, -0.05) is 23.8 Å². The SMILES string of the molecule is COCCN(Cc1nc2scc(-c3ccc(C)cc3C)c2c(=O)[nH]1)C[C@@H](O)COC(C)C. The first-order valence-corrected chi connectivity index (χ1v) is 11.8. The lowest BCUT2D eigenvalue weighted by molar-refractivity contribution is -0.0124. The number of hydrogen-bond acceptors (Lipinski definition) is 7. The summed E-state index contributed by atoms with van der Waals surface area (Å²) in [4.78, 5) is 23.4. The molecule has 0 amide bonds. The fraction of sp³-hybridized carbons (Fsp3) is 0.500. The molecule has 3 aromatic rings. The Hall–Kier alpha value is -2.10. The Morgan fingerprint density at radius 3 is 2.72 bits per heavy atom. The summed E-state index contributed by atoms with van der Waals surface area (Å²) in [5.41, 5.74) is 4.16. The molecule has 0 aliphatic rings. The number of H-pyrrole nitrogens is 1. The standard InChI is InChI=1S/C24H33N3O4S/c1-15(2)31-13-18(28)11-27(8-9-30-5)12-21-25-23(29)22-20(14-32-24(22)26-21)19-7-6-16(3)10-17(19)4/h6-7,10,14-15,18,28H,8-9,11-13H2,1-5H3,(H,25,26,29)/t18-/m1/s1. The molecular weight excluding hydrogens is 426 g/mol. The number of hydrogen-bond donors (Lipinski definition) is 2. The molecule has 8 heteroatoms. The molecule has 1 aromatic carbocycles. The fourth-order valence-corrected chi connectivity index (χ4v) is 4.66. The second-order valence-electron chi connectivity index (χ2n) is 8.42. The number of methoxy groups -OCH3 is 1. The largest absolute Gasteiger partial charge is 0.389 e. The number of aliphatic hydroxyl groups excluding tert-OH is 1. The van der Waals surface area contributed by atoms with Gasteiger partial charge < -0.3 is 19.6 Å². The molecule has 2 aromatic heterocycles. The Kier molecular flexibility index (Phi) is 8.56. The zero-order valence-electron chi connectivity index (χ0n) is 19.5. The molecule has 3 rings (SSSR count). The number of rotatable bonds is 11. The molecule has 2 N–H and O–H groups in total. The van der Waals surface area contributed by atoms with Gasteiger partial charge in [-0.15, -0.1) is 11.3 Å². The minimum absolute atomic E-state index is 0.0581. The maximum atomic E-state index is 13.0. The summed E-state index contributed by atoms with van der Waals surface area (Å²) in [6.07, 6.45) is -0.578. The fourth-order valence-electron chi connectivity index (χ4n) is 3.70. The van der Waals surface area contributed by atoms with Crippen molar-refractivity contribution in [1.29, 1.82) is 0 Å². The highest BCUT2D eigenvalue weighted by atomic mass is 32.1. The first-order chi connectivity index (χ1) is 15.3. The molecule has 0 fully saturated rings. The summed E-state index contributed by atoms with van der Waals surface area (Å²) in [7, 11) is 1.64. The van der Waals surface area contributed by atoms with E-state index in [9.17, 15) is 9.90 Å². The van der Waals surface area contributed by atoms with Crippen LogP contribution in [0, 0.1) is 13.8 Å². The number of benzene rings is 1. The van der Waals surface area contributed by atoms with Gasteiger partial charge in [-0.05, 0) is 38.8 Å². The molecule has 1 atom stereocenters. The number of aliphatic hydroxyl groups is 1. The topological polar surface area (TPSA) is 87.7 Å². The molecule has 0 aliphatic heterocycles. The van der Waals surface area contributed by atoms with Crippen molar-refractivity contribution in [3.05, 3.63) is 50.9 Å². The molecule has 0 saturated carbocycles. The first kappa shape index (κ1) is 24.5. The van der Waals surface area contributed by atoms with Gasteiger partial charge in [0.05, 0.1) is 37.4 Å². The van der Waals surface area contributed by atoms with Crippen LogP contribution in [0.4, 0.5) is 0 Å². The molecule has 0 spiro atoms. The molecule has 0 unspecified atom stereocenters. The first-order valence-electron chi connectivity index (χ1n) is 10.9. The van der Waals surface area contributed by atoms with Crippen LogP contribution in [0.15, 0.2) is 28.4 Å². The van der Waals surface area contributed by atoms with Gasteiger partial charge in [-0.25, -0.2) is 4.98 Å². The molecule has 0 bridgehead atoms. The third-order valence-corrected chi connectivity index (χ3v) is 6.11. The van der Waals surface area contributed by atoms with E-state index in [0.717, 1.165) is 16.7 Å². The van der Waals surface area contributed by atoms with Crippen LogP contribution in [0.5, 0.6) is 0 Å². The zero-order valence-corrected chi connectivity index (χ0v) is 20.3. The van der Waals surface area contributed by atoms with Crippen LogP contribution in [0.3, 0.4) is 0 Å². The lowest BCUT2D eigenvalue weighted by Gasteiger charge is -2.24. The average molecular weight is 460 g/mol. The number of nitrogens with zero attached hydrogens (tertiary/aromatic N) is 2. The summed E-state index contributed by atoms with van der Waals surface area (Å²) in [5.74, 6) is 0.574. The van der Waals surface area contributed by atoms with Gasteiger partial charge >= 0.3 is 0 Å². The molecule has 32 heavy (non-hydrogen) atoms. The zero-order chi connectivity index (χ0) is 23.3. The molecule has 174 valence electrons. The normalized spacial score (nSPS) is 12.9. The Bertz CT molecular complexity index is 1090. The summed E-state index contributed by atoms with van der Waals surface area (Å²) >= 11 is 1.48. The second kappa shape index (κ2) is 11.2. The summed E-state index contributed by atoms with van der Waals surface area (Å²) in [6, 6.07) is 6.24. The van der Waals surface area contributed by atoms with Crippen molar-refractivity contribution in [2.75, 3.05) is 33.4 Å². The van der Waals surface area contributed by atoms with Gasteiger partial charge in [-0.3, -0.25) is 9.69 Å². The minimum atomic E-state index is -0.637. The maximum Gasteiger partial charge on any atom is 0.260 e.